The molecule has 0 saturated carbocycles. The van der Waals surface area contributed by atoms with Crippen LogP contribution in [0.3, 0.4) is 0 Å². The Labute approximate surface area is 101 Å². The zero-order valence-electron chi connectivity index (χ0n) is 8.96. The van der Waals surface area contributed by atoms with Gasteiger partial charge in [-0.1, -0.05) is 0 Å². The van der Waals surface area contributed by atoms with Crippen molar-refractivity contribution >= 4 is 5.69 Å². The summed E-state index contributed by atoms with van der Waals surface area (Å²) in [5.41, 5.74) is -4.03. The summed E-state index contributed by atoms with van der Waals surface area (Å²) in [5.74, 6) is -1.97. The van der Waals surface area contributed by atoms with E-state index in [0.717, 1.165) is 6.92 Å². The maximum absolute atomic E-state index is 12.5. The van der Waals surface area contributed by atoms with E-state index >= 15 is 0 Å². The van der Waals surface area contributed by atoms with Crippen LogP contribution >= 0.6 is 0 Å². The Morgan fingerprint density at radius 3 is 2.16 bits per heavy atom. The van der Waals surface area contributed by atoms with Crippen LogP contribution in [0.2, 0.25) is 0 Å². The number of aromatic nitrogens is 1. The maximum Gasteiger partial charge on any atom is 0.573 e. The third-order valence-corrected chi connectivity index (χ3v) is 1.86. The highest BCUT2D eigenvalue weighted by Crippen LogP contribution is 2.43. The molecule has 1 rings (SSSR count). The Kier molecular flexibility index (Phi) is 3.59. The monoisotopic (exact) mass is 290 g/mol. The van der Waals surface area contributed by atoms with Crippen LogP contribution in [0.1, 0.15) is 11.3 Å². The van der Waals surface area contributed by atoms with Crippen LogP contribution < -0.4 is 4.74 Å². The van der Waals surface area contributed by atoms with Gasteiger partial charge in [-0.3, -0.25) is 10.1 Å². The molecule has 1 heterocycles. The largest absolute Gasteiger partial charge is 0.573 e. The summed E-state index contributed by atoms with van der Waals surface area (Å²) in [6.07, 6.45) is -10.4. The number of rotatable bonds is 2. The third kappa shape index (κ3) is 3.45. The van der Waals surface area contributed by atoms with E-state index in [2.05, 4.69) is 9.72 Å². The zero-order chi connectivity index (χ0) is 15.0. The smallest absolute Gasteiger partial charge is 0.396 e. The van der Waals surface area contributed by atoms with Crippen molar-refractivity contribution in [1.82, 2.24) is 4.98 Å². The molecule has 19 heavy (non-hydrogen) atoms. The van der Waals surface area contributed by atoms with Crippen LogP contribution in [0.4, 0.5) is 32.0 Å². The van der Waals surface area contributed by atoms with Gasteiger partial charge in [0, 0.05) is 11.8 Å². The van der Waals surface area contributed by atoms with E-state index in [9.17, 15) is 36.5 Å². The number of nitrogens with zero attached hydrogens (tertiary/aromatic N) is 2. The Morgan fingerprint density at radius 1 is 1.26 bits per heavy atom. The minimum absolute atomic E-state index is 0.449. The van der Waals surface area contributed by atoms with Crippen molar-refractivity contribution in [2.45, 2.75) is 19.5 Å². The molecule has 0 bridgehead atoms. The summed E-state index contributed by atoms with van der Waals surface area (Å²) in [7, 11) is 0. The first kappa shape index (κ1) is 15.0. The topological polar surface area (TPSA) is 65.3 Å². The number of ether oxygens (including phenoxy) is 1. The Balaban J connectivity index is 3.59. The Bertz CT molecular complexity index is 510. The van der Waals surface area contributed by atoms with Crippen molar-refractivity contribution in [3.05, 3.63) is 27.6 Å². The fraction of sp³-hybridized carbons (Fsp3) is 0.375. The van der Waals surface area contributed by atoms with E-state index in [0.29, 0.717) is 6.20 Å². The minimum Gasteiger partial charge on any atom is -0.396 e. The molecule has 1 aromatic heterocycles. The molecule has 5 nitrogen and oxygen atoms in total. The quantitative estimate of drug-likeness (QED) is 0.476. The van der Waals surface area contributed by atoms with Gasteiger partial charge in [0.05, 0.1) is 4.92 Å². The second-order valence-electron chi connectivity index (χ2n) is 3.27. The van der Waals surface area contributed by atoms with E-state index in [1.165, 1.54) is 0 Å². The van der Waals surface area contributed by atoms with Crippen molar-refractivity contribution in [3.8, 4) is 5.75 Å². The fourth-order valence-electron chi connectivity index (χ4n) is 1.21. The number of aryl methyl sites for hydroxylation is 1. The molecule has 0 aromatic carbocycles. The van der Waals surface area contributed by atoms with Crippen molar-refractivity contribution < 1.29 is 36.0 Å². The molecule has 1 aromatic rings. The molecule has 0 saturated heterocycles. The van der Waals surface area contributed by atoms with Gasteiger partial charge < -0.3 is 4.74 Å². The second-order valence-corrected chi connectivity index (χ2v) is 3.27. The molecule has 0 aliphatic heterocycles. The van der Waals surface area contributed by atoms with Gasteiger partial charge in [-0.2, -0.15) is 13.2 Å². The molecule has 0 unspecified atom stereocenters. The summed E-state index contributed by atoms with van der Waals surface area (Å²) >= 11 is 0. The van der Waals surface area contributed by atoms with Gasteiger partial charge in [0.15, 0.2) is 5.69 Å². The summed E-state index contributed by atoms with van der Waals surface area (Å²) in [5, 5.41) is 10.6. The SMILES string of the molecule is Cc1cnc(C(F)(F)F)c(OC(F)(F)F)c1[N+](=O)[O-]. The van der Waals surface area contributed by atoms with E-state index in [-0.39, 0.29) is 0 Å². The molecule has 0 amide bonds. The van der Waals surface area contributed by atoms with Gasteiger partial charge >= 0.3 is 18.2 Å². The predicted octanol–water partition coefficient (Wildman–Crippen LogP) is 3.22. The van der Waals surface area contributed by atoms with Crippen LogP contribution in [0, 0.1) is 17.0 Å². The molecule has 0 N–H and O–H groups in total. The fourth-order valence-corrected chi connectivity index (χ4v) is 1.21. The van der Waals surface area contributed by atoms with Gasteiger partial charge in [0.1, 0.15) is 0 Å². The summed E-state index contributed by atoms with van der Waals surface area (Å²) in [6.45, 7) is 0.939. The average molecular weight is 290 g/mol. The zero-order valence-corrected chi connectivity index (χ0v) is 8.96. The summed E-state index contributed by atoms with van der Waals surface area (Å²) in [4.78, 5) is 11.9. The lowest BCUT2D eigenvalue weighted by molar-refractivity contribution is -0.389. The van der Waals surface area contributed by atoms with Crippen LogP contribution in [-0.2, 0) is 6.18 Å². The molecule has 0 fully saturated rings. The van der Waals surface area contributed by atoms with Crippen molar-refractivity contribution in [1.29, 1.82) is 0 Å². The first-order valence-electron chi connectivity index (χ1n) is 4.40. The number of halogens is 6. The number of nitro groups is 1. The van der Waals surface area contributed by atoms with Crippen molar-refractivity contribution in [2.24, 2.45) is 0 Å². The number of alkyl halides is 6. The highest BCUT2D eigenvalue weighted by molar-refractivity contribution is 5.54. The van der Waals surface area contributed by atoms with E-state index in [1.54, 1.807) is 0 Å². The highest BCUT2D eigenvalue weighted by Gasteiger charge is 2.45. The van der Waals surface area contributed by atoms with Crippen LogP contribution in [0.15, 0.2) is 6.20 Å². The average Bonchev–Trinajstić information content (AvgIpc) is 2.11. The summed E-state index contributed by atoms with van der Waals surface area (Å²) < 4.78 is 76.6. The lowest BCUT2D eigenvalue weighted by Gasteiger charge is -2.15. The van der Waals surface area contributed by atoms with Gasteiger partial charge in [-0.05, 0) is 6.92 Å². The van der Waals surface area contributed by atoms with Gasteiger partial charge in [0.25, 0.3) is 0 Å². The molecule has 0 spiro atoms. The molecular weight excluding hydrogens is 286 g/mol. The maximum atomic E-state index is 12.5. The standard InChI is InChI=1S/C8H4F6N2O3/c1-3-2-15-6(7(9,10)11)5(4(3)16(17)18)19-8(12,13)14/h2H,1H3. The Hall–Kier alpha value is -2.07. The van der Waals surface area contributed by atoms with Crippen molar-refractivity contribution in [2.75, 3.05) is 0 Å². The van der Waals surface area contributed by atoms with E-state index in [1.807, 2.05) is 0 Å². The predicted molar refractivity (Wildman–Crippen MR) is 47.3 cm³/mol. The lowest BCUT2D eigenvalue weighted by Crippen LogP contribution is -2.22. The van der Waals surface area contributed by atoms with Crippen molar-refractivity contribution in [3.63, 3.8) is 0 Å². The molecule has 0 radical (unpaired) electrons. The number of hydrogen-bond acceptors (Lipinski definition) is 4. The van der Waals surface area contributed by atoms with Crippen LogP contribution in [0.5, 0.6) is 5.75 Å². The number of hydrogen-bond donors (Lipinski definition) is 0. The number of pyridine rings is 1. The first-order chi connectivity index (χ1) is 8.43. The molecule has 11 heteroatoms. The van der Waals surface area contributed by atoms with Crippen LogP contribution in [-0.4, -0.2) is 16.3 Å². The molecule has 0 atom stereocenters. The van der Waals surface area contributed by atoms with Gasteiger partial charge in [-0.25, -0.2) is 4.98 Å². The van der Waals surface area contributed by atoms with E-state index in [4.69, 9.17) is 0 Å². The van der Waals surface area contributed by atoms with Gasteiger partial charge in [-0.15, -0.1) is 13.2 Å². The van der Waals surface area contributed by atoms with Crippen LogP contribution in [0.25, 0.3) is 0 Å². The third-order valence-electron chi connectivity index (χ3n) is 1.86. The normalized spacial score (nSPS) is 12.4. The molecular formula is C8H4F6N2O3. The highest BCUT2D eigenvalue weighted by atomic mass is 19.4. The first-order valence-corrected chi connectivity index (χ1v) is 4.40. The molecule has 0 aliphatic carbocycles. The summed E-state index contributed by atoms with van der Waals surface area (Å²) in [6, 6.07) is 0. The molecule has 0 aliphatic rings. The molecule has 106 valence electrons. The Morgan fingerprint density at radius 2 is 1.79 bits per heavy atom. The van der Waals surface area contributed by atoms with Gasteiger partial charge in [0.2, 0.25) is 5.75 Å². The second kappa shape index (κ2) is 4.55. The lowest BCUT2D eigenvalue weighted by atomic mass is 10.2. The minimum atomic E-state index is -5.51. The van der Waals surface area contributed by atoms with E-state index < -0.39 is 40.2 Å².